The summed E-state index contributed by atoms with van der Waals surface area (Å²) in [5.74, 6) is 2.55. The molecule has 0 heterocycles. The van der Waals surface area contributed by atoms with Gasteiger partial charge in [0.2, 0.25) is 0 Å². The molecule has 2 aromatic rings. The summed E-state index contributed by atoms with van der Waals surface area (Å²) in [6.07, 6.45) is 8.32. The van der Waals surface area contributed by atoms with Crippen molar-refractivity contribution in [3.05, 3.63) is 64.7 Å². The first-order valence-electron chi connectivity index (χ1n) is 10.4. The van der Waals surface area contributed by atoms with E-state index in [1.165, 1.54) is 11.1 Å². The second-order valence-electron chi connectivity index (χ2n) is 7.57. The number of nitrogens with one attached hydrogen (secondary N) is 3. The third kappa shape index (κ3) is 5.95. The van der Waals surface area contributed by atoms with Crippen LogP contribution in [0, 0.1) is 23.7 Å². The Hall–Kier alpha value is -3.59. The largest absolute Gasteiger partial charge is 0.466 e. The fraction of sp³-hybridized carbons (Fsp3) is 0.320. The monoisotopic (exact) mass is 417 g/mol. The topological polar surface area (TPSA) is 91.3 Å². The number of rotatable bonds is 7. The Labute approximate surface area is 182 Å². The Bertz CT molecular complexity index is 1010. The molecule has 1 aliphatic carbocycles. The highest BCUT2D eigenvalue weighted by Crippen LogP contribution is 2.30. The van der Waals surface area contributed by atoms with E-state index in [4.69, 9.17) is 16.6 Å². The number of benzene rings is 2. The standard InChI is InChI=1S/C25H27N3O3/c1-3-13-27-24(26)19-7-9-20(10-8-19)25(30)28-22-12-11-18-6-5-17(14-21(18)16-22)15-23(29)31-4-2/h1,7-12,16-17H,4-6,13-15H2,2H3,(H2,26,27)(H,28,30). The van der Waals surface area contributed by atoms with E-state index in [9.17, 15) is 9.59 Å². The van der Waals surface area contributed by atoms with Crippen molar-refractivity contribution in [1.29, 1.82) is 5.41 Å². The Morgan fingerprint density at radius 1 is 1.16 bits per heavy atom. The Morgan fingerprint density at radius 2 is 1.90 bits per heavy atom. The van der Waals surface area contributed by atoms with Crippen molar-refractivity contribution < 1.29 is 14.3 Å². The number of amidine groups is 1. The number of hydrogen-bond donors (Lipinski definition) is 3. The first-order chi connectivity index (χ1) is 15.0. The highest BCUT2D eigenvalue weighted by Gasteiger charge is 2.22. The van der Waals surface area contributed by atoms with Crippen molar-refractivity contribution in [2.45, 2.75) is 32.6 Å². The van der Waals surface area contributed by atoms with Gasteiger partial charge in [-0.05, 0) is 67.5 Å². The lowest BCUT2D eigenvalue weighted by Crippen LogP contribution is -2.23. The van der Waals surface area contributed by atoms with E-state index < -0.39 is 0 Å². The predicted molar refractivity (Wildman–Crippen MR) is 121 cm³/mol. The summed E-state index contributed by atoms with van der Waals surface area (Å²) in [5.41, 5.74) is 4.33. The number of fused-ring (bicyclic) bond motifs is 1. The van der Waals surface area contributed by atoms with Crippen LogP contribution in [0.5, 0.6) is 0 Å². The van der Waals surface area contributed by atoms with Gasteiger partial charge in [-0.3, -0.25) is 15.0 Å². The number of carbonyl (C=O) groups excluding carboxylic acids is 2. The summed E-state index contributed by atoms with van der Waals surface area (Å²) in [5, 5.41) is 13.7. The summed E-state index contributed by atoms with van der Waals surface area (Å²) in [6.45, 7) is 2.50. The molecule has 0 bridgehead atoms. The molecule has 0 aromatic heterocycles. The minimum Gasteiger partial charge on any atom is -0.466 e. The number of hydrogen-bond acceptors (Lipinski definition) is 4. The minimum absolute atomic E-state index is 0.147. The van der Waals surface area contributed by atoms with Gasteiger partial charge in [-0.25, -0.2) is 0 Å². The second kappa shape index (κ2) is 10.4. The number of ether oxygens (including phenoxy) is 1. The molecule has 2 aromatic carbocycles. The number of carbonyl (C=O) groups is 2. The number of esters is 1. The van der Waals surface area contributed by atoms with Gasteiger partial charge in [0.15, 0.2) is 0 Å². The van der Waals surface area contributed by atoms with Crippen molar-refractivity contribution in [3.63, 3.8) is 0 Å². The quantitative estimate of drug-likeness (QED) is 0.278. The lowest BCUT2D eigenvalue weighted by Gasteiger charge is -2.24. The van der Waals surface area contributed by atoms with E-state index in [-0.39, 0.29) is 30.2 Å². The molecule has 0 spiro atoms. The van der Waals surface area contributed by atoms with Crippen LogP contribution >= 0.6 is 0 Å². The van der Waals surface area contributed by atoms with E-state index in [2.05, 4.69) is 16.6 Å². The van der Waals surface area contributed by atoms with Gasteiger partial charge in [-0.2, -0.15) is 0 Å². The van der Waals surface area contributed by atoms with Gasteiger partial charge in [0.05, 0.1) is 13.2 Å². The van der Waals surface area contributed by atoms with Crippen molar-refractivity contribution in [3.8, 4) is 12.3 Å². The minimum atomic E-state index is -0.214. The van der Waals surface area contributed by atoms with Crippen LogP contribution < -0.4 is 10.6 Å². The normalized spacial score (nSPS) is 14.6. The SMILES string of the molecule is C#CCNC(=N)c1ccc(C(=O)Nc2ccc3c(c2)CC(CC(=O)OCC)CC3)cc1. The third-order valence-corrected chi connectivity index (χ3v) is 5.36. The first-order valence-corrected chi connectivity index (χ1v) is 10.4. The summed E-state index contributed by atoms with van der Waals surface area (Å²) < 4.78 is 5.08. The molecule has 1 amide bonds. The summed E-state index contributed by atoms with van der Waals surface area (Å²) in [6, 6.07) is 12.8. The number of terminal acetylenes is 1. The molecule has 6 nitrogen and oxygen atoms in total. The van der Waals surface area contributed by atoms with Crippen LogP contribution in [-0.2, 0) is 22.4 Å². The van der Waals surface area contributed by atoms with Crippen molar-refractivity contribution in [1.82, 2.24) is 5.32 Å². The van der Waals surface area contributed by atoms with E-state index >= 15 is 0 Å². The van der Waals surface area contributed by atoms with E-state index in [0.29, 0.717) is 24.2 Å². The van der Waals surface area contributed by atoms with E-state index in [1.54, 1.807) is 24.3 Å². The molecule has 1 unspecified atom stereocenters. The maximum absolute atomic E-state index is 12.6. The lowest BCUT2D eigenvalue weighted by molar-refractivity contribution is -0.144. The van der Waals surface area contributed by atoms with Gasteiger partial charge in [-0.1, -0.05) is 24.1 Å². The van der Waals surface area contributed by atoms with Gasteiger partial charge < -0.3 is 15.4 Å². The molecule has 160 valence electrons. The molecule has 0 saturated heterocycles. The highest BCUT2D eigenvalue weighted by molar-refractivity contribution is 6.05. The number of amides is 1. The first kappa shape index (κ1) is 22.1. The molecule has 31 heavy (non-hydrogen) atoms. The van der Waals surface area contributed by atoms with Crippen molar-refractivity contribution >= 4 is 23.4 Å². The van der Waals surface area contributed by atoms with Crippen molar-refractivity contribution in [2.24, 2.45) is 5.92 Å². The Morgan fingerprint density at radius 3 is 2.61 bits per heavy atom. The third-order valence-electron chi connectivity index (χ3n) is 5.36. The molecule has 1 aliphatic rings. The van der Waals surface area contributed by atoms with E-state index in [0.717, 1.165) is 24.9 Å². The molecule has 0 saturated carbocycles. The maximum atomic E-state index is 12.6. The van der Waals surface area contributed by atoms with Crippen LogP contribution in [0.25, 0.3) is 0 Å². The average molecular weight is 418 g/mol. The van der Waals surface area contributed by atoms with Crippen LogP contribution in [-0.4, -0.2) is 30.9 Å². The van der Waals surface area contributed by atoms with Crippen LogP contribution in [0.2, 0.25) is 0 Å². The molecule has 0 aliphatic heterocycles. The van der Waals surface area contributed by atoms with Gasteiger partial charge in [0.1, 0.15) is 5.84 Å². The van der Waals surface area contributed by atoms with Gasteiger partial charge >= 0.3 is 5.97 Å². The predicted octanol–water partition coefficient (Wildman–Crippen LogP) is 3.55. The lowest BCUT2D eigenvalue weighted by atomic mass is 9.82. The molecule has 0 radical (unpaired) electrons. The molecular formula is C25H27N3O3. The highest BCUT2D eigenvalue weighted by atomic mass is 16.5. The van der Waals surface area contributed by atoms with Crippen LogP contribution in [0.1, 0.15) is 46.8 Å². The molecular weight excluding hydrogens is 390 g/mol. The van der Waals surface area contributed by atoms with Crippen LogP contribution in [0.4, 0.5) is 5.69 Å². The fourth-order valence-corrected chi connectivity index (χ4v) is 3.77. The van der Waals surface area contributed by atoms with E-state index in [1.807, 2.05) is 25.1 Å². The zero-order valence-corrected chi connectivity index (χ0v) is 17.7. The summed E-state index contributed by atoms with van der Waals surface area (Å²) in [4.78, 5) is 24.5. The second-order valence-corrected chi connectivity index (χ2v) is 7.57. The Kier molecular flexibility index (Phi) is 7.45. The number of anilines is 1. The van der Waals surface area contributed by atoms with Crippen molar-refractivity contribution in [2.75, 3.05) is 18.5 Å². The van der Waals surface area contributed by atoms with Crippen LogP contribution in [0.3, 0.4) is 0 Å². The van der Waals surface area contributed by atoms with Crippen LogP contribution in [0.15, 0.2) is 42.5 Å². The zero-order valence-electron chi connectivity index (χ0n) is 17.7. The van der Waals surface area contributed by atoms with Gasteiger partial charge in [0.25, 0.3) is 5.91 Å². The zero-order chi connectivity index (χ0) is 22.2. The van der Waals surface area contributed by atoms with Gasteiger partial charge in [-0.15, -0.1) is 6.42 Å². The average Bonchev–Trinajstić information content (AvgIpc) is 2.77. The number of aryl methyl sites for hydroxylation is 1. The smallest absolute Gasteiger partial charge is 0.306 e. The molecule has 0 fully saturated rings. The van der Waals surface area contributed by atoms with Gasteiger partial charge in [0, 0.05) is 23.2 Å². The molecule has 6 heteroatoms. The molecule has 3 rings (SSSR count). The Balaban J connectivity index is 1.63. The summed E-state index contributed by atoms with van der Waals surface area (Å²) in [7, 11) is 0. The summed E-state index contributed by atoms with van der Waals surface area (Å²) >= 11 is 0. The molecule has 1 atom stereocenters. The molecule has 3 N–H and O–H groups in total. The maximum Gasteiger partial charge on any atom is 0.306 e. The fourth-order valence-electron chi connectivity index (χ4n) is 3.77.